The van der Waals surface area contributed by atoms with E-state index in [0.29, 0.717) is 0 Å². The molecule has 70 valence electrons. The number of carbonyl (C=O) groups excluding carboxylic acids is 1. The van der Waals surface area contributed by atoms with Crippen LogP contribution in [-0.4, -0.2) is 24.9 Å². The molecule has 0 saturated heterocycles. The first-order valence-electron chi connectivity index (χ1n) is 3.69. The first-order chi connectivity index (χ1) is 6.04. The fourth-order valence-electron chi connectivity index (χ4n) is 0.910. The van der Waals surface area contributed by atoms with Gasteiger partial charge in [0, 0.05) is 22.1 Å². The SMILES string of the molecule is CN(C)C(=O)c1cccc(Br)c1I. The number of rotatable bonds is 1. The molecule has 0 unspecified atom stereocenters. The Bertz CT molecular complexity index is 338. The Balaban J connectivity index is 3.15. The average molecular weight is 354 g/mol. The van der Waals surface area contributed by atoms with Crippen LogP contribution >= 0.6 is 38.5 Å². The summed E-state index contributed by atoms with van der Waals surface area (Å²) in [6.07, 6.45) is 0. The lowest BCUT2D eigenvalue weighted by Gasteiger charge is -2.11. The van der Waals surface area contributed by atoms with E-state index in [4.69, 9.17) is 0 Å². The first-order valence-corrected chi connectivity index (χ1v) is 5.57. The molecule has 1 amide bonds. The van der Waals surface area contributed by atoms with E-state index in [0.717, 1.165) is 13.6 Å². The second-order valence-corrected chi connectivity index (χ2v) is 4.73. The predicted molar refractivity (Wildman–Crippen MR) is 64.9 cm³/mol. The molecular weight excluding hydrogens is 345 g/mol. The molecule has 1 aromatic rings. The monoisotopic (exact) mass is 353 g/mol. The molecule has 0 aromatic heterocycles. The maximum Gasteiger partial charge on any atom is 0.254 e. The fourth-order valence-corrected chi connectivity index (χ4v) is 1.87. The van der Waals surface area contributed by atoms with Crippen LogP contribution < -0.4 is 0 Å². The summed E-state index contributed by atoms with van der Waals surface area (Å²) in [7, 11) is 3.50. The Morgan fingerprint density at radius 1 is 1.46 bits per heavy atom. The van der Waals surface area contributed by atoms with Gasteiger partial charge in [0.25, 0.3) is 5.91 Å². The molecule has 4 heteroatoms. The number of halogens is 2. The third kappa shape index (κ3) is 2.43. The van der Waals surface area contributed by atoms with E-state index in [1.807, 2.05) is 18.2 Å². The molecule has 0 spiro atoms. The molecule has 13 heavy (non-hydrogen) atoms. The third-order valence-electron chi connectivity index (χ3n) is 1.59. The van der Waals surface area contributed by atoms with Crippen LogP contribution in [0.5, 0.6) is 0 Å². The highest BCUT2D eigenvalue weighted by atomic mass is 127. The van der Waals surface area contributed by atoms with Crippen LogP contribution in [0.15, 0.2) is 22.7 Å². The van der Waals surface area contributed by atoms with Crippen molar-refractivity contribution in [2.45, 2.75) is 0 Å². The fraction of sp³-hybridized carbons (Fsp3) is 0.222. The van der Waals surface area contributed by atoms with Crippen molar-refractivity contribution in [3.63, 3.8) is 0 Å². The molecule has 0 N–H and O–H groups in total. The van der Waals surface area contributed by atoms with Gasteiger partial charge in [-0.05, 0) is 50.7 Å². The molecular formula is C9H9BrINO. The van der Waals surface area contributed by atoms with Crippen LogP contribution in [0, 0.1) is 3.57 Å². The summed E-state index contributed by atoms with van der Waals surface area (Å²) in [4.78, 5) is 13.2. The van der Waals surface area contributed by atoms with E-state index >= 15 is 0 Å². The highest BCUT2D eigenvalue weighted by molar-refractivity contribution is 14.1. The Hall–Kier alpha value is -0.100. The minimum absolute atomic E-state index is 0.0331. The lowest BCUT2D eigenvalue weighted by molar-refractivity contribution is 0.0826. The normalized spacial score (nSPS) is 9.85. The van der Waals surface area contributed by atoms with Gasteiger partial charge in [0.05, 0.1) is 5.56 Å². The predicted octanol–water partition coefficient (Wildman–Crippen LogP) is 2.76. The minimum atomic E-state index is 0.0331. The van der Waals surface area contributed by atoms with Gasteiger partial charge in [0.2, 0.25) is 0 Å². The van der Waals surface area contributed by atoms with E-state index in [1.165, 1.54) is 0 Å². The van der Waals surface area contributed by atoms with Gasteiger partial charge in [-0.15, -0.1) is 0 Å². The lowest BCUT2D eigenvalue weighted by atomic mass is 10.2. The second kappa shape index (κ2) is 4.41. The summed E-state index contributed by atoms with van der Waals surface area (Å²) in [6.45, 7) is 0. The van der Waals surface area contributed by atoms with Crippen LogP contribution in [-0.2, 0) is 0 Å². The maximum absolute atomic E-state index is 11.6. The van der Waals surface area contributed by atoms with Crippen molar-refractivity contribution in [2.75, 3.05) is 14.1 Å². The van der Waals surface area contributed by atoms with Crippen LogP contribution in [0.3, 0.4) is 0 Å². The van der Waals surface area contributed by atoms with E-state index in [1.54, 1.807) is 19.0 Å². The number of nitrogens with zero attached hydrogens (tertiary/aromatic N) is 1. The first kappa shape index (κ1) is 11.0. The summed E-state index contributed by atoms with van der Waals surface area (Å²) in [5.74, 6) is 0.0331. The van der Waals surface area contributed by atoms with Crippen molar-refractivity contribution in [3.05, 3.63) is 31.8 Å². The Morgan fingerprint density at radius 3 is 2.62 bits per heavy atom. The van der Waals surface area contributed by atoms with E-state index < -0.39 is 0 Å². The van der Waals surface area contributed by atoms with Crippen molar-refractivity contribution in [1.82, 2.24) is 4.90 Å². The zero-order valence-corrected chi connectivity index (χ0v) is 11.1. The summed E-state index contributed by atoms with van der Waals surface area (Å²) >= 11 is 5.54. The molecule has 0 aliphatic heterocycles. The topological polar surface area (TPSA) is 20.3 Å². The summed E-state index contributed by atoms with van der Waals surface area (Å²) < 4.78 is 1.92. The highest BCUT2D eigenvalue weighted by Gasteiger charge is 2.12. The number of carbonyl (C=O) groups is 1. The van der Waals surface area contributed by atoms with Gasteiger partial charge in [0.15, 0.2) is 0 Å². The molecule has 0 radical (unpaired) electrons. The van der Waals surface area contributed by atoms with Crippen molar-refractivity contribution >= 4 is 44.4 Å². The number of hydrogen-bond acceptors (Lipinski definition) is 1. The lowest BCUT2D eigenvalue weighted by Crippen LogP contribution is -2.22. The quantitative estimate of drug-likeness (QED) is 0.711. The Labute approximate surface area is 99.6 Å². The van der Waals surface area contributed by atoms with Crippen molar-refractivity contribution in [1.29, 1.82) is 0 Å². The van der Waals surface area contributed by atoms with Gasteiger partial charge in [-0.2, -0.15) is 0 Å². The Morgan fingerprint density at radius 2 is 2.08 bits per heavy atom. The van der Waals surface area contributed by atoms with Crippen LogP contribution in [0.25, 0.3) is 0 Å². The number of amides is 1. The van der Waals surface area contributed by atoms with Gasteiger partial charge in [-0.3, -0.25) is 4.79 Å². The average Bonchev–Trinajstić information content (AvgIpc) is 2.08. The van der Waals surface area contributed by atoms with Crippen LogP contribution in [0.2, 0.25) is 0 Å². The molecule has 1 aromatic carbocycles. The molecule has 0 bridgehead atoms. The molecule has 0 aliphatic rings. The molecule has 2 nitrogen and oxygen atoms in total. The van der Waals surface area contributed by atoms with Crippen molar-refractivity contribution in [2.24, 2.45) is 0 Å². The van der Waals surface area contributed by atoms with Crippen LogP contribution in [0.1, 0.15) is 10.4 Å². The van der Waals surface area contributed by atoms with E-state index in [-0.39, 0.29) is 5.91 Å². The molecule has 0 fully saturated rings. The zero-order valence-electron chi connectivity index (χ0n) is 7.34. The van der Waals surface area contributed by atoms with E-state index in [9.17, 15) is 4.79 Å². The summed E-state index contributed by atoms with van der Waals surface area (Å²) in [6, 6.07) is 5.62. The van der Waals surface area contributed by atoms with Gasteiger partial charge in [-0.1, -0.05) is 6.07 Å². The summed E-state index contributed by atoms with van der Waals surface area (Å²) in [5, 5.41) is 0. The highest BCUT2D eigenvalue weighted by Crippen LogP contribution is 2.23. The van der Waals surface area contributed by atoms with Gasteiger partial charge in [-0.25, -0.2) is 0 Å². The number of benzene rings is 1. The van der Waals surface area contributed by atoms with E-state index in [2.05, 4.69) is 38.5 Å². The van der Waals surface area contributed by atoms with Gasteiger partial charge < -0.3 is 4.90 Å². The largest absolute Gasteiger partial charge is 0.345 e. The minimum Gasteiger partial charge on any atom is -0.345 e. The number of hydrogen-bond donors (Lipinski definition) is 0. The van der Waals surface area contributed by atoms with Gasteiger partial charge in [0.1, 0.15) is 0 Å². The zero-order chi connectivity index (χ0) is 10.0. The van der Waals surface area contributed by atoms with Gasteiger partial charge >= 0.3 is 0 Å². The maximum atomic E-state index is 11.6. The molecule has 0 saturated carbocycles. The Kier molecular flexibility index (Phi) is 3.73. The smallest absolute Gasteiger partial charge is 0.254 e. The third-order valence-corrected chi connectivity index (χ3v) is 4.15. The molecule has 0 atom stereocenters. The van der Waals surface area contributed by atoms with Crippen LogP contribution in [0.4, 0.5) is 0 Å². The summed E-state index contributed by atoms with van der Waals surface area (Å²) in [5.41, 5.74) is 0.736. The molecule has 0 aliphatic carbocycles. The molecule has 1 rings (SSSR count). The standard InChI is InChI=1S/C9H9BrINO/c1-12(2)9(13)6-4-3-5-7(10)8(6)11/h3-5H,1-2H3. The van der Waals surface area contributed by atoms with Crippen molar-refractivity contribution in [3.8, 4) is 0 Å². The second-order valence-electron chi connectivity index (χ2n) is 2.80. The van der Waals surface area contributed by atoms with Crippen molar-refractivity contribution < 1.29 is 4.79 Å². The molecule has 0 heterocycles.